The second kappa shape index (κ2) is 6.69. The van der Waals surface area contributed by atoms with E-state index in [4.69, 9.17) is 10.5 Å². The van der Waals surface area contributed by atoms with Crippen molar-refractivity contribution < 1.29 is 19.2 Å². The summed E-state index contributed by atoms with van der Waals surface area (Å²) in [7, 11) is 1.24. The van der Waals surface area contributed by atoms with Crippen molar-refractivity contribution in [2.45, 2.75) is 19.4 Å². The first-order valence-electron chi connectivity index (χ1n) is 5.67. The Kier molecular flexibility index (Phi) is 5.25. The highest BCUT2D eigenvalue weighted by Crippen LogP contribution is 2.27. The maximum Gasteiger partial charge on any atom is 0.322 e. The number of nitro groups is 1. The first-order chi connectivity index (χ1) is 8.95. The van der Waals surface area contributed by atoms with Gasteiger partial charge in [0.1, 0.15) is 6.04 Å². The Hall–Kier alpha value is -2.15. The average molecular weight is 268 g/mol. The van der Waals surface area contributed by atoms with Gasteiger partial charge in [-0.1, -0.05) is 6.07 Å². The summed E-state index contributed by atoms with van der Waals surface area (Å²) in [5, 5.41) is 10.9. The van der Waals surface area contributed by atoms with Crippen molar-refractivity contribution in [1.29, 1.82) is 0 Å². The van der Waals surface area contributed by atoms with Crippen LogP contribution in [0.5, 0.6) is 5.75 Å². The molecule has 0 spiro atoms. The zero-order valence-electron chi connectivity index (χ0n) is 10.8. The quantitative estimate of drug-likeness (QED) is 0.471. The maximum absolute atomic E-state index is 11.1. The molecule has 2 N–H and O–H groups in total. The van der Waals surface area contributed by atoms with Crippen LogP contribution in [0.3, 0.4) is 0 Å². The van der Waals surface area contributed by atoms with Crippen LogP contribution in [0.4, 0.5) is 5.69 Å². The fraction of sp³-hybridized carbons (Fsp3) is 0.417. The summed E-state index contributed by atoms with van der Waals surface area (Å²) in [4.78, 5) is 21.4. The number of methoxy groups -OCH3 is 1. The van der Waals surface area contributed by atoms with E-state index in [1.807, 2.05) is 0 Å². The van der Waals surface area contributed by atoms with E-state index in [1.165, 1.54) is 19.2 Å². The molecule has 0 aromatic heterocycles. The Labute approximate surface area is 110 Å². The lowest BCUT2D eigenvalue weighted by molar-refractivity contribution is -0.385. The lowest BCUT2D eigenvalue weighted by atomic mass is 10.2. The van der Waals surface area contributed by atoms with E-state index in [2.05, 4.69) is 4.74 Å². The third-order valence-corrected chi connectivity index (χ3v) is 2.50. The first kappa shape index (κ1) is 14.9. The lowest BCUT2D eigenvalue weighted by Crippen LogP contribution is -2.33. The molecule has 1 rings (SSSR count). The van der Waals surface area contributed by atoms with Crippen LogP contribution in [0.2, 0.25) is 0 Å². The molecule has 1 aromatic carbocycles. The van der Waals surface area contributed by atoms with Crippen LogP contribution < -0.4 is 10.5 Å². The summed E-state index contributed by atoms with van der Waals surface area (Å²) in [6, 6.07) is 3.87. The van der Waals surface area contributed by atoms with Crippen molar-refractivity contribution in [3.05, 3.63) is 33.9 Å². The van der Waals surface area contributed by atoms with Crippen LogP contribution >= 0.6 is 0 Å². The van der Waals surface area contributed by atoms with Gasteiger partial charge < -0.3 is 15.2 Å². The molecule has 1 unspecified atom stereocenters. The van der Waals surface area contributed by atoms with Gasteiger partial charge in [0.15, 0.2) is 5.75 Å². The second-order valence-electron chi connectivity index (χ2n) is 4.00. The predicted molar refractivity (Wildman–Crippen MR) is 67.9 cm³/mol. The highest BCUT2D eigenvalue weighted by atomic mass is 16.6. The van der Waals surface area contributed by atoms with E-state index in [1.54, 1.807) is 13.0 Å². The van der Waals surface area contributed by atoms with Gasteiger partial charge >= 0.3 is 11.7 Å². The Balaban J connectivity index is 2.63. The fourth-order valence-corrected chi connectivity index (χ4v) is 1.46. The zero-order chi connectivity index (χ0) is 14.4. The van der Waals surface area contributed by atoms with Crippen molar-refractivity contribution in [2.24, 2.45) is 5.73 Å². The van der Waals surface area contributed by atoms with Crippen molar-refractivity contribution in [1.82, 2.24) is 0 Å². The van der Waals surface area contributed by atoms with Gasteiger partial charge in [0, 0.05) is 12.5 Å². The smallest absolute Gasteiger partial charge is 0.322 e. The number of benzene rings is 1. The van der Waals surface area contributed by atoms with Crippen LogP contribution in [0.25, 0.3) is 0 Å². The topological polar surface area (TPSA) is 105 Å². The summed E-state index contributed by atoms with van der Waals surface area (Å²) >= 11 is 0. The molecule has 0 radical (unpaired) electrons. The minimum atomic E-state index is -0.797. The van der Waals surface area contributed by atoms with E-state index in [0.29, 0.717) is 0 Å². The zero-order valence-corrected chi connectivity index (χ0v) is 10.8. The Morgan fingerprint density at radius 2 is 2.21 bits per heavy atom. The minimum absolute atomic E-state index is 0.0974. The summed E-state index contributed by atoms with van der Waals surface area (Å²) < 4.78 is 9.75. The molecule has 19 heavy (non-hydrogen) atoms. The number of aryl methyl sites for hydroxylation is 1. The molecular formula is C12H16N2O5. The van der Waals surface area contributed by atoms with E-state index in [9.17, 15) is 14.9 Å². The van der Waals surface area contributed by atoms with Crippen LogP contribution in [-0.2, 0) is 9.53 Å². The fourth-order valence-electron chi connectivity index (χ4n) is 1.46. The standard InChI is InChI=1S/C12H16N2O5/c1-8-3-4-11(10(7-8)14(16)17)19-6-5-9(13)12(15)18-2/h3-4,7,9H,5-6,13H2,1-2H3. The molecule has 0 aliphatic heterocycles. The van der Waals surface area contributed by atoms with Crippen LogP contribution in [0.15, 0.2) is 18.2 Å². The molecule has 0 aliphatic carbocycles. The van der Waals surface area contributed by atoms with Gasteiger partial charge in [-0.05, 0) is 18.6 Å². The molecule has 0 aliphatic rings. The maximum atomic E-state index is 11.1. The van der Waals surface area contributed by atoms with Gasteiger partial charge in [-0.2, -0.15) is 0 Å². The molecule has 0 saturated heterocycles. The molecule has 0 bridgehead atoms. The highest BCUT2D eigenvalue weighted by molar-refractivity contribution is 5.75. The van der Waals surface area contributed by atoms with Crippen molar-refractivity contribution in [3.63, 3.8) is 0 Å². The van der Waals surface area contributed by atoms with Crippen LogP contribution in [0.1, 0.15) is 12.0 Å². The molecule has 0 saturated carbocycles. The molecule has 0 fully saturated rings. The number of esters is 1. The highest BCUT2D eigenvalue weighted by Gasteiger charge is 2.17. The number of rotatable bonds is 6. The number of hydrogen-bond donors (Lipinski definition) is 1. The van der Waals surface area contributed by atoms with Gasteiger partial charge in [-0.3, -0.25) is 14.9 Å². The third-order valence-electron chi connectivity index (χ3n) is 2.50. The summed E-state index contributed by atoms with van der Waals surface area (Å²) in [6.45, 7) is 1.85. The van der Waals surface area contributed by atoms with Gasteiger partial charge in [-0.25, -0.2) is 0 Å². The number of carbonyl (C=O) groups excluding carboxylic acids is 1. The van der Waals surface area contributed by atoms with Gasteiger partial charge in [0.25, 0.3) is 0 Å². The van der Waals surface area contributed by atoms with Crippen LogP contribution in [0, 0.1) is 17.0 Å². The van der Waals surface area contributed by atoms with Gasteiger partial charge in [0.05, 0.1) is 18.6 Å². The number of nitrogens with two attached hydrogens (primary N) is 1. The third kappa shape index (κ3) is 4.22. The first-order valence-corrected chi connectivity index (χ1v) is 5.67. The van der Waals surface area contributed by atoms with E-state index < -0.39 is 16.9 Å². The van der Waals surface area contributed by atoms with E-state index >= 15 is 0 Å². The van der Waals surface area contributed by atoms with Crippen LogP contribution in [-0.4, -0.2) is 30.7 Å². The summed E-state index contributed by atoms with van der Waals surface area (Å²) in [6.07, 6.45) is 0.220. The second-order valence-corrected chi connectivity index (χ2v) is 4.00. The largest absolute Gasteiger partial charge is 0.487 e. The van der Waals surface area contributed by atoms with Crippen molar-refractivity contribution >= 4 is 11.7 Å². The minimum Gasteiger partial charge on any atom is -0.487 e. The van der Waals surface area contributed by atoms with E-state index in [0.717, 1.165) is 5.56 Å². The molecule has 7 nitrogen and oxygen atoms in total. The molecule has 1 atom stereocenters. The average Bonchev–Trinajstić information content (AvgIpc) is 2.38. The number of nitrogens with zero attached hydrogens (tertiary/aromatic N) is 1. The number of ether oxygens (including phenoxy) is 2. The number of carbonyl (C=O) groups is 1. The lowest BCUT2D eigenvalue weighted by Gasteiger charge is -2.10. The van der Waals surface area contributed by atoms with Crippen molar-refractivity contribution in [2.75, 3.05) is 13.7 Å². The molecular weight excluding hydrogens is 252 g/mol. The normalized spacial score (nSPS) is 11.7. The predicted octanol–water partition coefficient (Wildman–Crippen LogP) is 1.17. The Bertz CT molecular complexity index is 475. The molecule has 0 heterocycles. The monoisotopic (exact) mass is 268 g/mol. The molecule has 104 valence electrons. The SMILES string of the molecule is COC(=O)C(N)CCOc1ccc(C)cc1[N+](=O)[O-]. The van der Waals surface area contributed by atoms with Gasteiger partial charge in [0.2, 0.25) is 0 Å². The number of hydrogen-bond acceptors (Lipinski definition) is 6. The van der Waals surface area contributed by atoms with Crippen molar-refractivity contribution in [3.8, 4) is 5.75 Å². The number of nitro benzene ring substituents is 1. The molecule has 1 aromatic rings. The van der Waals surface area contributed by atoms with E-state index in [-0.39, 0.29) is 24.5 Å². The Morgan fingerprint density at radius 1 is 1.53 bits per heavy atom. The summed E-state index contributed by atoms with van der Waals surface area (Å²) in [5.41, 5.74) is 6.19. The Morgan fingerprint density at radius 3 is 2.79 bits per heavy atom. The van der Waals surface area contributed by atoms with Gasteiger partial charge in [-0.15, -0.1) is 0 Å². The summed E-state index contributed by atoms with van der Waals surface area (Å²) in [5.74, 6) is -0.380. The molecule has 7 heteroatoms. The molecule has 0 amide bonds.